The largest absolute Gasteiger partial charge is 0.481 e. The molecular weight excluding hydrogens is 246 g/mol. The molecule has 6 heteroatoms. The molecule has 0 atom stereocenters. The molecule has 0 saturated heterocycles. The fraction of sp³-hybridized carbons (Fsp3) is 0.615. The van der Waals surface area contributed by atoms with E-state index in [0.29, 0.717) is 31.4 Å². The van der Waals surface area contributed by atoms with Gasteiger partial charge in [-0.05, 0) is 26.2 Å². The second-order valence-corrected chi connectivity index (χ2v) is 4.30. The number of nitrogens with one attached hydrogen (secondary N) is 1. The molecule has 1 aromatic rings. The van der Waals surface area contributed by atoms with E-state index in [9.17, 15) is 4.79 Å². The van der Waals surface area contributed by atoms with Crippen molar-refractivity contribution in [3.63, 3.8) is 0 Å². The summed E-state index contributed by atoms with van der Waals surface area (Å²) in [5.74, 6) is 0.339. The summed E-state index contributed by atoms with van der Waals surface area (Å²) in [6.07, 6.45) is 2.55. The zero-order valence-electron chi connectivity index (χ0n) is 11.5. The average molecular weight is 267 g/mol. The van der Waals surface area contributed by atoms with Gasteiger partial charge in [0.1, 0.15) is 0 Å². The maximum atomic E-state index is 10.4. The number of rotatable bonds is 9. The number of nitrogens with zero attached hydrogens (tertiary/aromatic N) is 2. The van der Waals surface area contributed by atoms with Crippen LogP contribution in [0.15, 0.2) is 6.07 Å². The monoisotopic (exact) mass is 267 g/mol. The second kappa shape index (κ2) is 8.29. The Morgan fingerprint density at radius 2 is 2.21 bits per heavy atom. The van der Waals surface area contributed by atoms with Gasteiger partial charge in [0.2, 0.25) is 11.8 Å². The summed E-state index contributed by atoms with van der Waals surface area (Å²) in [4.78, 5) is 18.9. The molecule has 2 N–H and O–H groups in total. The lowest BCUT2D eigenvalue weighted by Crippen LogP contribution is -2.08. The Morgan fingerprint density at radius 1 is 1.42 bits per heavy atom. The number of ether oxygens (including phenoxy) is 1. The van der Waals surface area contributed by atoms with E-state index < -0.39 is 5.97 Å². The third kappa shape index (κ3) is 6.59. The van der Waals surface area contributed by atoms with E-state index in [-0.39, 0.29) is 6.42 Å². The molecular formula is C13H21N3O3. The number of aromatic nitrogens is 2. The second-order valence-electron chi connectivity index (χ2n) is 4.30. The Bertz CT molecular complexity index is 410. The van der Waals surface area contributed by atoms with Crippen LogP contribution in [-0.2, 0) is 4.79 Å². The van der Waals surface area contributed by atoms with Crippen molar-refractivity contribution in [1.82, 2.24) is 9.97 Å². The van der Waals surface area contributed by atoms with Crippen molar-refractivity contribution >= 4 is 11.9 Å². The predicted octanol–water partition coefficient (Wildman–Crippen LogP) is 2.24. The topological polar surface area (TPSA) is 84.3 Å². The molecule has 0 aliphatic rings. The molecule has 0 spiro atoms. The standard InChI is InChI=1S/C13H21N3O3/c1-3-8-19-11-9-10(2)15-13(16-11)14-7-5-4-6-12(17)18/h9H,3-8H2,1-2H3,(H,17,18)(H,14,15,16). The third-order valence-corrected chi connectivity index (χ3v) is 2.39. The predicted molar refractivity (Wildman–Crippen MR) is 72.5 cm³/mol. The number of carboxylic acids is 1. The fourth-order valence-electron chi connectivity index (χ4n) is 1.50. The van der Waals surface area contributed by atoms with Crippen molar-refractivity contribution in [2.75, 3.05) is 18.5 Å². The minimum absolute atomic E-state index is 0.196. The quantitative estimate of drug-likeness (QED) is 0.667. The summed E-state index contributed by atoms with van der Waals surface area (Å²) in [5, 5.41) is 11.6. The first-order valence-electron chi connectivity index (χ1n) is 6.56. The summed E-state index contributed by atoms with van der Waals surface area (Å²) in [7, 11) is 0. The molecule has 0 saturated carbocycles. The smallest absolute Gasteiger partial charge is 0.303 e. The van der Waals surface area contributed by atoms with Crippen molar-refractivity contribution in [1.29, 1.82) is 0 Å². The van der Waals surface area contributed by atoms with Gasteiger partial charge in [-0.25, -0.2) is 4.98 Å². The number of anilines is 1. The minimum atomic E-state index is -0.762. The van der Waals surface area contributed by atoms with Gasteiger partial charge in [-0.3, -0.25) is 4.79 Å². The first-order valence-corrected chi connectivity index (χ1v) is 6.56. The minimum Gasteiger partial charge on any atom is -0.481 e. The van der Waals surface area contributed by atoms with E-state index in [0.717, 1.165) is 18.5 Å². The van der Waals surface area contributed by atoms with Crippen LogP contribution >= 0.6 is 0 Å². The number of aliphatic carboxylic acids is 1. The first-order chi connectivity index (χ1) is 9.11. The zero-order valence-corrected chi connectivity index (χ0v) is 11.5. The number of unbranched alkanes of at least 4 members (excludes halogenated alkanes) is 1. The van der Waals surface area contributed by atoms with Gasteiger partial charge in [0.05, 0.1) is 6.61 Å². The summed E-state index contributed by atoms with van der Waals surface area (Å²) in [6, 6.07) is 1.80. The summed E-state index contributed by atoms with van der Waals surface area (Å²) in [6.45, 7) is 5.21. The molecule has 0 aliphatic heterocycles. The van der Waals surface area contributed by atoms with Gasteiger partial charge in [-0.15, -0.1) is 0 Å². The lowest BCUT2D eigenvalue weighted by Gasteiger charge is -2.08. The molecule has 0 unspecified atom stereocenters. The molecule has 0 fully saturated rings. The van der Waals surface area contributed by atoms with Crippen LogP contribution < -0.4 is 10.1 Å². The highest BCUT2D eigenvalue weighted by atomic mass is 16.5. The van der Waals surface area contributed by atoms with E-state index in [2.05, 4.69) is 15.3 Å². The lowest BCUT2D eigenvalue weighted by molar-refractivity contribution is -0.137. The molecule has 1 aromatic heterocycles. The first kappa shape index (κ1) is 15.2. The van der Waals surface area contributed by atoms with Crippen molar-refractivity contribution in [3.05, 3.63) is 11.8 Å². The van der Waals surface area contributed by atoms with Gasteiger partial charge in [0.25, 0.3) is 0 Å². The van der Waals surface area contributed by atoms with Gasteiger partial charge in [-0.2, -0.15) is 4.98 Å². The highest BCUT2D eigenvalue weighted by molar-refractivity contribution is 5.66. The molecule has 1 heterocycles. The van der Waals surface area contributed by atoms with Crippen LogP contribution in [0.4, 0.5) is 5.95 Å². The number of carboxylic acid groups (broad SMARTS) is 1. The van der Waals surface area contributed by atoms with Crippen molar-refractivity contribution in [2.24, 2.45) is 0 Å². The average Bonchev–Trinajstić information content (AvgIpc) is 2.35. The van der Waals surface area contributed by atoms with Crippen molar-refractivity contribution < 1.29 is 14.6 Å². The molecule has 6 nitrogen and oxygen atoms in total. The number of aryl methyl sites for hydroxylation is 1. The molecule has 0 aromatic carbocycles. The van der Waals surface area contributed by atoms with Crippen molar-refractivity contribution in [2.45, 2.75) is 39.5 Å². The number of hydrogen-bond donors (Lipinski definition) is 2. The van der Waals surface area contributed by atoms with Crippen LogP contribution in [-0.4, -0.2) is 34.2 Å². The molecule has 0 bridgehead atoms. The Kier molecular flexibility index (Phi) is 6.63. The van der Waals surface area contributed by atoms with Gasteiger partial charge in [0, 0.05) is 24.7 Å². The lowest BCUT2D eigenvalue weighted by atomic mass is 10.2. The Labute approximate surface area is 113 Å². The van der Waals surface area contributed by atoms with Gasteiger partial charge >= 0.3 is 5.97 Å². The fourth-order valence-corrected chi connectivity index (χ4v) is 1.50. The van der Waals surface area contributed by atoms with Crippen LogP contribution in [0.3, 0.4) is 0 Å². The van der Waals surface area contributed by atoms with E-state index >= 15 is 0 Å². The van der Waals surface area contributed by atoms with Gasteiger partial charge < -0.3 is 15.2 Å². The van der Waals surface area contributed by atoms with Crippen LogP contribution in [0.25, 0.3) is 0 Å². The Morgan fingerprint density at radius 3 is 2.89 bits per heavy atom. The zero-order chi connectivity index (χ0) is 14.1. The number of carbonyl (C=O) groups is 1. The van der Waals surface area contributed by atoms with Crippen LogP contribution in [0.5, 0.6) is 5.88 Å². The molecule has 0 amide bonds. The molecule has 19 heavy (non-hydrogen) atoms. The molecule has 0 radical (unpaired) electrons. The third-order valence-electron chi connectivity index (χ3n) is 2.39. The van der Waals surface area contributed by atoms with Crippen LogP contribution in [0, 0.1) is 6.92 Å². The van der Waals surface area contributed by atoms with Gasteiger partial charge in [0.15, 0.2) is 0 Å². The molecule has 0 aliphatic carbocycles. The van der Waals surface area contributed by atoms with E-state index in [4.69, 9.17) is 9.84 Å². The molecule has 1 rings (SSSR count). The number of hydrogen-bond acceptors (Lipinski definition) is 5. The van der Waals surface area contributed by atoms with Crippen LogP contribution in [0.2, 0.25) is 0 Å². The van der Waals surface area contributed by atoms with E-state index in [1.807, 2.05) is 13.8 Å². The van der Waals surface area contributed by atoms with Crippen molar-refractivity contribution in [3.8, 4) is 5.88 Å². The Hall–Kier alpha value is -1.85. The normalized spacial score (nSPS) is 10.2. The highest BCUT2D eigenvalue weighted by Gasteiger charge is 2.03. The summed E-state index contributed by atoms with van der Waals surface area (Å²) < 4.78 is 5.47. The maximum Gasteiger partial charge on any atom is 0.303 e. The highest BCUT2D eigenvalue weighted by Crippen LogP contribution is 2.12. The van der Waals surface area contributed by atoms with E-state index in [1.54, 1.807) is 6.07 Å². The van der Waals surface area contributed by atoms with E-state index in [1.165, 1.54) is 0 Å². The van der Waals surface area contributed by atoms with Crippen LogP contribution in [0.1, 0.15) is 38.3 Å². The maximum absolute atomic E-state index is 10.4. The summed E-state index contributed by atoms with van der Waals surface area (Å²) in [5.41, 5.74) is 0.842. The van der Waals surface area contributed by atoms with Gasteiger partial charge in [-0.1, -0.05) is 6.92 Å². The molecule has 106 valence electrons. The summed E-state index contributed by atoms with van der Waals surface area (Å²) >= 11 is 0. The Balaban J connectivity index is 2.40. The SMILES string of the molecule is CCCOc1cc(C)nc(NCCCCC(=O)O)n1.